The number of carbonyl (C=O) groups excluding carboxylic acids is 1. The molecule has 2 N–H and O–H groups in total. The number of amides is 1. The molecule has 8 nitrogen and oxygen atoms in total. The van der Waals surface area contributed by atoms with Crippen molar-refractivity contribution in [3.8, 4) is 22.9 Å². The monoisotopic (exact) mass is 544 g/mol. The summed E-state index contributed by atoms with van der Waals surface area (Å²) in [6.45, 7) is 1.55. The molecule has 0 aliphatic carbocycles. The Morgan fingerprint density at radius 3 is 2.61 bits per heavy atom. The summed E-state index contributed by atoms with van der Waals surface area (Å²) in [7, 11) is 0. The van der Waals surface area contributed by atoms with Gasteiger partial charge in [-0.25, -0.2) is 4.98 Å². The van der Waals surface area contributed by atoms with Gasteiger partial charge in [-0.3, -0.25) is 9.59 Å². The Morgan fingerprint density at radius 1 is 1.13 bits per heavy atom. The van der Waals surface area contributed by atoms with E-state index in [2.05, 4.69) is 10.1 Å². The quantitative estimate of drug-likeness (QED) is 0.318. The summed E-state index contributed by atoms with van der Waals surface area (Å²) in [5.74, 6) is -0.503. The molecular formula is C26H20ClF3N4O4. The van der Waals surface area contributed by atoms with Crippen LogP contribution in [0.5, 0.6) is 11.5 Å². The standard InChI is InChI=1S/C26H20ClF3N4O4/c1-2-37-21-11-15(10-19(27)23(21)38-14-22(31)35)13-32-34-24(16-6-5-7-17(12-16)26(28,29)30)33-20-9-4-3-8-18(20)25(34)36/h3-13H,2,14H2,1H3,(H2,31,35). The first-order valence-electron chi connectivity index (χ1n) is 11.2. The average molecular weight is 545 g/mol. The SMILES string of the molecule is CCOc1cc(C=Nn2c(-c3cccc(C(F)(F)F)c3)nc3ccccc3c2=O)cc(Cl)c1OCC(N)=O. The molecule has 0 atom stereocenters. The Labute approximate surface area is 219 Å². The third-order valence-corrected chi connectivity index (χ3v) is 5.50. The van der Waals surface area contributed by atoms with Crippen LogP contribution in [0.1, 0.15) is 18.1 Å². The highest BCUT2D eigenvalue weighted by molar-refractivity contribution is 6.32. The second-order valence-electron chi connectivity index (χ2n) is 7.91. The lowest BCUT2D eigenvalue weighted by Gasteiger charge is -2.14. The fourth-order valence-corrected chi connectivity index (χ4v) is 3.86. The highest BCUT2D eigenvalue weighted by Gasteiger charge is 2.31. The number of nitrogens with zero attached hydrogens (tertiary/aromatic N) is 3. The van der Waals surface area contributed by atoms with E-state index in [1.54, 1.807) is 31.2 Å². The second kappa shape index (κ2) is 10.9. The Balaban J connectivity index is 1.85. The highest BCUT2D eigenvalue weighted by Crippen LogP contribution is 2.36. The van der Waals surface area contributed by atoms with Crippen LogP contribution in [0.2, 0.25) is 5.02 Å². The van der Waals surface area contributed by atoms with Crippen LogP contribution >= 0.6 is 11.6 Å². The van der Waals surface area contributed by atoms with Gasteiger partial charge < -0.3 is 15.2 Å². The van der Waals surface area contributed by atoms with Gasteiger partial charge in [-0.1, -0.05) is 35.9 Å². The molecule has 0 unspecified atom stereocenters. The van der Waals surface area contributed by atoms with E-state index < -0.39 is 29.8 Å². The number of hydrogen-bond acceptors (Lipinski definition) is 6. The van der Waals surface area contributed by atoms with Crippen LogP contribution in [0.4, 0.5) is 13.2 Å². The van der Waals surface area contributed by atoms with Gasteiger partial charge in [-0.05, 0) is 48.9 Å². The molecule has 3 aromatic carbocycles. The predicted molar refractivity (Wildman–Crippen MR) is 137 cm³/mol. The summed E-state index contributed by atoms with van der Waals surface area (Å²) in [6, 6.07) is 13.9. The van der Waals surface area contributed by atoms with Crippen molar-refractivity contribution in [2.75, 3.05) is 13.2 Å². The first kappa shape index (κ1) is 26.7. The summed E-state index contributed by atoms with van der Waals surface area (Å²) in [6.07, 6.45) is -3.31. The molecule has 1 aromatic heterocycles. The van der Waals surface area contributed by atoms with Gasteiger partial charge in [-0.15, -0.1) is 0 Å². The number of halogens is 4. The van der Waals surface area contributed by atoms with Gasteiger partial charge in [0.1, 0.15) is 0 Å². The molecule has 0 radical (unpaired) electrons. The van der Waals surface area contributed by atoms with Crippen LogP contribution in [0, 0.1) is 0 Å². The molecule has 1 heterocycles. The van der Waals surface area contributed by atoms with Crippen LogP contribution in [0.25, 0.3) is 22.3 Å². The molecule has 0 aliphatic rings. The van der Waals surface area contributed by atoms with Gasteiger partial charge in [0, 0.05) is 5.56 Å². The summed E-state index contributed by atoms with van der Waals surface area (Å²) in [5.41, 5.74) is 4.37. The number of para-hydroxylation sites is 1. The van der Waals surface area contributed by atoms with Crippen molar-refractivity contribution in [2.45, 2.75) is 13.1 Å². The smallest absolute Gasteiger partial charge is 0.416 e. The molecule has 0 spiro atoms. The molecule has 4 rings (SSSR count). The number of primary amides is 1. The Morgan fingerprint density at radius 2 is 1.89 bits per heavy atom. The number of hydrogen-bond donors (Lipinski definition) is 1. The van der Waals surface area contributed by atoms with Crippen molar-refractivity contribution in [1.82, 2.24) is 9.66 Å². The summed E-state index contributed by atoms with van der Waals surface area (Å²) in [5, 5.41) is 4.56. The molecule has 0 aliphatic heterocycles. The zero-order valence-electron chi connectivity index (χ0n) is 19.8. The van der Waals surface area contributed by atoms with E-state index in [9.17, 15) is 22.8 Å². The minimum Gasteiger partial charge on any atom is -0.490 e. The maximum atomic E-state index is 13.4. The van der Waals surface area contributed by atoms with Gasteiger partial charge >= 0.3 is 6.18 Å². The summed E-state index contributed by atoms with van der Waals surface area (Å²) < 4.78 is 52.0. The minimum absolute atomic E-state index is 0.0445. The van der Waals surface area contributed by atoms with Crippen molar-refractivity contribution < 1.29 is 27.4 Å². The number of alkyl halides is 3. The van der Waals surface area contributed by atoms with E-state index in [4.69, 9.17) is 26.8 Å². The zero-order chi connectivity index (χ0) is 27.4. The Bertz CT molecular complexity index is 1600. The van der Waals surface area contributed by atoms with Crippen molar-refractivity contribution in [2.24, 2.45) is 10.8 Å². The van der Waals surface area contributed by atoms with Crippen LogP contribution in [-0.2, 0) is 11.0 Å². The van der Waals surface area contributed by atoms with Gasteiger partial charge in [0.25, 0.3) is 11.5 Å². The van der Waals surface area contributed by atoms with E-state index in [0.29, 0.717) is 11.1 Å². The fourth-order valence-electron chi connectivity index (χ4n) is 3.59. The van der Waals surface area contributed by atoms with Crippen LogP contribution < -0.4 is 20.8 Å². The molecule has 0 bridgehead atoms. The number of aromatic nitrogens is 2. The number of nitrogens with two attached hydrogens (primary N) is 1. The first-order chi connectivity index (χ1) is 18.1. The lowest BCUT2D eigenvalue weighted by Crippen LogP contribution is -2.21. The highest BCUT2D eigenvalue weighted by atomic mass is 35.5. The normalized spacial score (nSPS) is 11.7. The van der Waals surface area contributed by atoms with E-state index >= 15 is 0 Å². The van der Waals surface area contributed by atoms with E-state index in [1.807, 2.05) is 0 Å². The summed E-state index contributed by atoms with van der Waals surface area (Å²) >= 11 is 6.33. The van der Waals surface area contributed by atoms with Gasteiger partial charge in [0.2, 0.25) is 0 Å². The maximum Gasteiger partial charge on any atom is 0.416 e. The molecule has 0 saturated carbocycles. The topological polar surface area (TPSA) is 109 Å². The van der Waals surface area contributed by atoms with Crippen molar-refractivity contribution in [3.63, 3.8) is 0 Å². The molecule has 1 amide bonds. The van der Waals surface area contributed by atoms with Crippen molar-refractivity contribution in [1.29, 1.82) is 0 Å². The molecule has 4 aromatic rings. The van der Waals surface area contributed by atoms with Crippen LogP contribution in [0.3, 0.4) is 0 Å². The molecule has 0 saturated heterocycles. The van der Waals surface area contributed by atoms with E-state index in [-0.39, 0.29) is 39.9 Å². The largest absolute Gasteiger partial charge is 0.490 e. The molecule has 12 heteroatoms. The third-order valence-electron chi connectivity index (χ3n) is 5.21. The number of rotatable bonds is 8. The minimum atomic E-state index is -4.59. The van der Waals surface area contributed by atoms with Crippen molar-refractivity contribution >= 4 is 34.6 Å². The van der Waals surface area contributed by atoms with Gasteiger partial charge in [0.05, 0.1) is 34.3 Å². The van der Waals surface area contributed by atoms with Crippen LogP contribution in [0.15, 0.2) is 70.6 Å². The number of ether oxygens (including phenoxy) is 2. The third kappa shape index (κ3) is 5.78. The van der Waals surface area contributed by atoms with Gasteiger partial charge in [-0.2, -0.15) is 22.9 Å². The zero-order valence-corrected chi connectivity index (χ0v) is 20.6. The first-order valence-corrected chi connectivity index (χ1v) is 11.6. The predicted octanol–water partition coefficient (Wildman–Crippen LogP) is 4.88. The molecular weight excluding hydrogens is 525 g/mol. The average Bonchev–Trinajstić information content (AvgIpc) is 2.87. The molecule has 38 heavy (non-hydrogen) atoms. The lowest BCUT2D eigenvalue weighted by molar-refractivity contribution is -0.137. The Kier molecular flexibility index (Phi) is 7.67. The lowest BCUT2D eigenvalue weighted by atomic mass is 10.1. The number of carbonyl (C=O) groups is 1. The second-order valence-corrected chi connectivity index (χ2v) is 8.32. The van der Waals surface area contributed by atoms with Crippen molar-refractivity contribution in [3.05, 3.63) is 87.2 Å². The fraction of sp³-hybridized carbons (Fsp3) is 0.154. The number of fused-ring (bicyclic) bond motifs is 1. The number of benzene rings is 3. The van der Waals surface area contributed by atoms with E-state index in [1.165, 1.54) is 30.5 Å². The molecule has 196 valence electrons. The summed E-state index contributed by atoms with van der Waals surface area (Å²) in [4.78, 5) is 28.9. The maximum absolute atomic E-state index is 13.4. The molecule has 0 fully saturated rings. The van der Waals surface area contributed by atoms with Crippen LogP contribution in [-0.4, -0.2) is 35.0 Å². The van der Waals surface area contributed by atoms with Gasteiger partial charge in [0.15, 0.2) is 23.9 Å². The van der Waals surface area contributed by atoms with E-state index in [0.717, 1.165) is 16.8 Å². The Hall–Kier alpha value is -4.38.